The number of amides is 1. The molecule has 3 heterocycles. The van der Waals surface area contributed by atoms with Crippen molar-refractivity contribution >= 4 is 11.7 Å². The van der Waals surface area contributed by atoms with E-state index in [0.29, 0.717) is 12.2 Å². The summed E-state index contributed by atoms with van der Waals surface area (Å²) in [6.07, 6.45) is -0.0186. The van der Waals surface area contributed by atoms with Gasteiger partial charge in [-0.05, 0) is 49.1 Å². The molecule has 1 saturated heterocycles. The number of piperidine rings is 1. The molecule has 1 unspecified atom stereocenters. The molecular weight excluding hydrogens is 442 g/mol. The van der Waals surface area contributed by atoms with E-state index < -0.39 is 17.7 Å². The predicted molar refractivity (Wildman–Crippen MR) is 110 cm³/mol. The van der Waals surface area contributed by atoms with Gasteiger partial charge in [0, 0.05) is 13.1 Å². The predicted octanol–water partition coefficient (Wildman–Crippen LogP) is 3.57. The molecule has 4 rings (SSSR count). The second-order valence-electron chi connectivity index (χ2n) is 7.85. The molecular formula is C21H21F4N7O. The Morgan fingerprint density at radius 2 is 1.91 bits per heavy atom. The van der Waals surface area contributed by atoms with E-state index in [-0.39, 0.29) is 35.8 Å². The summed E-state index contributed by atoms with van der Waals surface area (Å²) in [5, 5.41) is 17.9. The Balaban J connectivity index is 1.55. The molecule has 1 N–H and O–H groups in total. The summed E-state index contributed by atoms with van der Waals surface area (Å²) in [7, 11) is 0. The van der Waals surface area contributed by atoms with Crippen LogP contribution in [0.2, 0.25) is 0 Å². The van der Waals surface area contributed by atoms with Crippen molar-refractivity contribution in [3.05, 3.63) is 59.8 Å². The number of hydrogen-bond acceptors (Lipinski definition) is 6. The van der Waals surface area contributed by atoms with Gasteiger partial charge in [-0.15, -0.1) is 10.2 Å². The van der Waals surface area contributed by atoms with E-state index in [0.717, 1.165) is 25.0 Å². The molecule has 174 valence electrons. The Morgan fingerprint density at radius 1 is 1.15 bits per heavy atom. The van der Waals surface area contributed by atoms with Gasteiger partial charge >= 0.3 is 6.18 Å². The van der Waals surface area contributed by atoms with Crippen molar-refractivity contribution < 1.29 is 22.4 Å². The van der Waals surface area contributed by atoms with Crippen molar-refractivity contribution in [2.45, 2.75) is 32.0 Å². The maximum atomic E-state index is 14.0. The van der Waals surface area contributed by atoms with Crippen LogP contribution in [-0.4, -0.2) is 55.1 Å². The molecule has 0 spiro atoms. The van der Waals surface area contributed by atoms with Gasteiger partial charge in [0.25, 0.3) is 5.91 Å². The Bertz CT molecular complexity index is 1100. The molecule has 0 bridgehead atoms. The number of likely N-dealkylation sites (tertiary alicyclic amines) is 1. The third-order valence-corrected chi connectivity index (χ3v) is 5.65. The van der Waals surface area contributed by atoms with E-state index in [1.165, 1.54) is 35.4 Å². The summed E-state index contributed by atoms with van der Waals surface area (Å²) < 4.78 is 52.2. The summed E-state index contributed by atoms with van der Waals surface area (Å²) >= 11 is 0. The molecule has 8 nitrogen and oxygen atoms in total. The quantitative estimate of drug-likeness (QED) is 0.582. The zero-order valence-corrected chi connectivity index (χ0v) is 17.6. The first-order chi connectivity index (χ1) is 15.7. The number of aromatic nitrogens is 5. The largest absolute Gasteiger partial charge is 0.435 e. The van der Waals surface area contributed by atoms with E-state index in [1.54, 1.807) is 4.90 Å². The molecule has 0 radical (unpaired) electrons. The number of nitrogens with one attached hydrogen (secondary N) is 1. The fourth-order valence-electron chi connectivity index (χ4n) is 3.95. The Labute approximate surface area is 186 Å². The van der Waals surface area contributed by atoms with E-state index in [1.807, 2.05) is 6.92 Å². The third-order valence-electron chi connectivity index (χ3n) is 5.65. The van der Waals surface area contributed by atoms with Gasteiger partial charge in [-0.25, -0.2) is 4.39 Å². The van der Waals surface area contributed by atoms with Crippen molar-refractivity contribution in [1.82, 2.24) is 30.1 Å². The molecule has 1 aliphatic heterocycles. The van der Waals surface area contributed by atoms with Gasteiger partial charge in [0.1, 0.15) is 11.6 Å². The molecule has 2 atom stereocenters. The molecule has 1 fully saturated rings. The molecule has 3 aromatic rings. The molecule has 12 heteroatoms. The summed E-state index contributed by atoms with van der Waals surface area (Å²) in [6, 6.07) is 5.59. The minimum Gasteiger partial charge on any atom is -0.367 e. The number of nitrogens with zero attached hydrogens (tertiary/aromatic N) is 6. The van der Waals surface area contributed by atoms with Gasteiger partial charge < -0.3 is 10.2 Å². The first-order valence-corrected chi connectivity index (χ1v) is 10.4. The van der Waals surface area contributed by atoms with Crippen LogP contribution in [0.1, 0.15) is 35.8 Å². The molecule has 33 heavy (non-hydrogen) atoms. The van der Waals surface area contributed by atoms with Gasteiger partial charge in [0.05, 0.1) is 29.7 Å². The number of rotatable bonds is 5. The van der Waals surface area contributed by atoms with Gasteiger partial charge in [-0.1, -0.05) is 6.92 Å². The lowest BCUT2D eigenvalue weighted by Crippen LogP contribution is -2.51. The molecule has 1 amide bonds. The van der Waals surface area contributed by atoms with Crippen LogP contribution in [0.3, 0.4) is 0 Å². The van der Waals surface area contributed by atoms with Crippen LogP contribution in [0.5, 0.6) is 0 Å². The third kappa shape index (κ3) is 4.94. The molecule has 0 aliphatic carbocycles. The monoisotopic (exact) mass is 463 g/mol. The number of carbonyl (C=O) groups excluding carboxylic acids is 1. The van der Waals surface area contributed by atoms with E-state index in [2.05, 4.69) is 25.7 Å². The van der Waals surface area contributed by atoms with Crippen LogP contribution >= 0.6 is 0 Å². The smallest absolute Gasteiger partial charge is 0.367 e. The van der Waals surface area contributed by atoms with Crippen LogP contribution in [0.15, 0.2) is 42.7 Å². The highest BCUT2D eigenvalue weighted by Crippen LogP contribution is 2.29. The summed E-state index contributed by atoms with van der Waals surface area (Å²) in [6.45, 7) is 2.69. The SMILES string of the molecule is C[C@@H]1CCCN(C(=O)c2cc(F)ccc2-n2nccn2)C1CNc1ccc(C(F)(F)F)nn1. The van der Waals surface area contributed by atoms with Crippen LogP contribution in [0, 0.1) is 11.7 Å². The highest BCUT2D eigenvalue weighted by Gasteiger charge is 2.35. The highest BCUT2D eigenvalue weighted by atomic mass is 19.4. The standard InChI is InChI=1S/C21H21F4N7O/c1-13-3-2-10-31(17(13)12-26-19-7-6-18(29-30-19)21(23,24)25)20(33)15-11-14(22)4-5-16(15)32-27-8-9-28-32/h4-9,11,13,17H,2-3,10,12H2,1H3,(H,26,30)/t13-,17?/m1/s1. The van der Waals surface area contributed by atoms with E-state index >= 15 is 0 Å². The Kier molecular flexibility index (Phi) is 6.25. The maximum Gasteiger partial charge on any atom is 0.435 e. The number of benzene rings is 1. The van der Waals surface area contributed by atoms with Crippen molar-refractivity contribution in [3.8, 4) is 5.69 Å². The first-order valence-electron chi connectivity index (χ1n) is 10.4. The number of alkyl halides is 3. The van der Waals surface area contributed by atoms with Crippen LogP contribution < -0.4 is 5.32 Å². The summed E-state index contributed by atoms with van der Waals surface area (Å²) in [5.74, 6) is -0.675. The van der Waals surface area contributed by atoms with Crippen molar-refractivity contribution in [1.29, 1.82) is 0 Å². The lowest BCUT2D eigenvalue weighted by Gasteiger charge is -2.40. The van der Waals surface area contributed by atoms with Gasteiger partial charge in [0.2, 0.25) is 0 Å². The normalized spacial score (nSPS) is 18.9. The number of halogens is 4. The highest BCUT2D eigenvalue weighted by molar-refractivity contribution is 5.98. The van der Waals surface area contributed by atoms with Gasteiger partial charge in [-0.2, -0.15) is 28.2 Å². The average Bonchev–Trinajstić information content (AvgIpc) is 3.32. The second kappa shape index (κ2) is 9.12. The summed E-state index contributed by atoms with van der Waals surface area (Å²) in [4.78, 5) is 16.4. The lowest BCUT2D eigenvalue weighted by molar-refractivity contribution is -0.141. The molecule has 1 aromatic carbocycles. The van der Waals surface area contributed by atoms with Crippen molar-refractivity contribution in [2.24, 2.45) is 5.92 Å². The van der Waals surface area contributed by atoms with Crippen molar-refractivity contribution in [2.75, 3.05) is 18.4 Å². The van der Waals surface area contributed by atoms with Crippen LogP contribution in [-0.2, 0) is 6.18 Å². The summed E-state index contributed by atoms with van der Waals surface area (Å²) in [5.41, 5.74) is -0.605. The second-order valence-corrected chi connectivity index (χ2v) is 7.85. The van der Waals surface area contributed by atoms with Crippen LogP contribution in [0.25, 0.3) is 5.69 Å². The lowest BCUT2D eigenvalue weighted by atomic mass is 9.90. The number of hydrogen-bond donors (Lipinski definition) is 1. The van der Waals surface area contributed by atoms with E-state index in [4.69, 9.17) is 0 Å². The Morgan fingerprint density at radius 3 is 2.58 bits per heavy atom. The zero-order valence-electron chi connectivity index (χ0n) is 17.6. The maximum absolute atomic E-state index is 14.0. The fourth-order valence-corrected chi connectivity index (χ4v) is 3.95. The minimum absolute atomic E-state index is 0.0949. The van der Waals surface area contributed by atoms with Gasteiger partial charge in [0.15, 0.2) is 5.69 Å². The fraction of sp³-hybridized carbons (Fsp3) is 0.381. The number of carbonyl (C=O) groups is 1. The van der Waals surface area contributed by atoms with Crippen molar-refractivity contribution in [3.63, 3.8) is 0 Å². The molecule has 2 aromatic heterocycles. The van der Waals surface area contributed by atoms with Gasteiger partial charge in [-0.3, -0.25) is 4.79 Å². The molecule has 1 aliphatic rings. The number of anilines is 1. The van der Waals surface area contributed by atoms with Crippen LogP contribution in [0.4, 0.5) is 23.4 Å². The van der Waals surface area contributed by atoms with E-state index in [9.17, 15) is 22.4 Å². The molecule has 0 saturated carbocycles. The topological polar surface area (TPSA) is 88.8 Å². The minimum atomic E-state index is -4.57. The average molecular weight is 463 g/mol. The zero-order chi connectivity index (χ0) is 23.6. The first kappa shape index (κ1) is 22.6. The Hall–Kier alpha value is -3.57.